The van der Waals surface area contributed by atoms with Crippen molar-refractivity contribution in [3.05, 3.63) is 34.3 Å². The topological polar surface area (TPSA) is 17.1 Å². The molecule has 1 aromatic rings. The third-order valence-electron chi connectivity index (χ3n) is 2.10. The summed E-state index contributed by atoms with van der Waals surface area (Å²) in [4.78, 5) is 10.7. The molecular formula is C11H10ClF3O. The van der Waals surface area contributed by atoms with E-state index in [-0.39, 0.29) is 17.2 Å². The Kier molecular flexibility index (Phi) is 3.97. The summed E-state index contributed by atoms with van der Waals surface area (Å²) in [6.07, 6.45) is -3.92. The molecule has 0 bridgehead atoms. The van der Waals surface area contributed by atoms with E-state index >= 15 is 0 Å². The average Bonchev–Trinajstić information content (AvgIpc) is 2.14. The van der Waals surface area contributed by atoms with Gasteiger partial charge in [-0.2, -0.15) is 13.2 Å². The Labute approximate surface area is 96.2 Å². The second-order valence-electron chi connectivity index (χ2n) is 3.51. The van der Waals surface area contributed by atoms with E-state index in [1.807, 2.05) is 0 Å². The Morgan fingerprint density at radius 1 is 1.38 bits per heavy atom. The number of benzene rings is 1. The minimum atomic E-state index is -4.46. The first-order valence-corrected chi connectivity index (χ1v) is 5.03. The Morgan fingerprint density at radius 3 is 2.50 bits per heavy atom. The van der Waals surface area contributed by atoms with Crippen LogP contribution in [-0.4, -0.2) is 5.78 Å². The number of alkyl halides is 3. The molecule has 0 aromatic heterocycles. The molecule has 0 aliphatic rings. The molecule has 0 saturated carbocycles. The lowest BCUT2D eigenvalue weighted by atomic mass is 10.0. The molecule has 0 radical (unpaired) electrons. The highest BCUT2D eigenvalue weighted by molar-refractivity contribution is 6.31. The number of hydrogen-bond donors (Lipinski definition) is 0. The van der Waals surface area contributed by atoms with Crippen LogP contribution >= 0.6 is 11.6 Å². The van der Waals surface area contributed by atoms with Gasteiger partial charge in [0.05, 0.1) is 10.6 Å². The Bertz CT molecular complexity index is 399. The largest absolute Gasteiger partial charge is 0.417 e. The number of carbonyl (C=O) groups excluding carboxylic acids is 1. The summed E-state index contributed by atoms with van der Waals surface area (Å²) in [5.41, 5.74) is -0.387. The van der Waals surface area contributed by atoms with Gasteiger partial charge in [0.2, 0.25) is 0 Å². The Balaban J connectivity index is 2.94. The van der Waals surface area contributed by atoms with Crippen LogP contribution in [0.15, 0.2) is 18.2 Å². The van der Waals surface area contributed by atoms with E-state index < -0.39 is 11.7 Å². The molecule has 0 fully saturated rings. The van der Waals surface area contributed by atoms with Crippen molar-refractivity contribution in [3.63, 3.8) is 0 Å². The van der Waals surface area contributed by atoms with Crippen LogP contribution in [0.2, 0.25) is 5.02 Å². The van der Waals surface area contributed by atoms with Gasteiger partial charge in [-0.1, -0.05) is 17.7 Å². The zero-order valence-corrected chi connectivity index (χ0v) is 9.32. The van der Waals surface area contributed by atoms with E-state index in [1.165, 1.54) is 19.1 Å². The van der Waals surface area contributed by atoms with E-state index in [1.54, 1.807) is 0 Å². The standard InChI is InChI=1S/C11H10ClF3O/c1-7(16)2-3-8-4-5-10(12)9(6-8)11(13,14)15/h4-6H,2-3H2,1H3. The zero-order chi connectivity index (χ0) is 12.3. The van der Waals surface area contributed by atoms with Crippen LogP contribution in [-0.2, 0) is 17.4 Å². The van der Waals surface area contributed by atoms with Gasteiger partial charge in [0, 0.05) is 6.42 Å². The number of halogens is 4. The lowest BCUT2D eigenvalue weighted by Crippen LogP contribution is -2.07. The van der Waals surface area contributed by atoms with Gasteiger partial charge < -0.3 is 4.79 Å². The van der Waals surface area contributed by atoms with Crippen molar-refractivity contribution in [2.24, 2.45) is 0 Å². The molecule has 1 nitrogen and oxygen atoms in total. The van der Waals surface area contributed by atoms with E-state index in [0.29, 0.717) is 12.0 Å². The molecule has 0 aliphatic carbocycles. The summed E-state index contributed by atoms with van der Waals surface area (Å²) in [7, 11) is 0. The summed E-state index contributed by atoms with van der Waals surface area (Å²) < 4.78 is 37.4. The van der Waals surface area contributed by atoms with Crippen molar-refractivity contribution in [1.82, 2.24) is 0 Å². The number of Topliss-reactive ketones (excluding diaryl/α,β-unsaturated/α-hetero) is 1. The molecule has 0 N–H and O–H groups in total. The molecule has 0 unspecified atom stereocenters. The van der Waals surface area contributed by atoms with E-state index in [4.69, 9.17) is 11.6 Å². The minimum Gasteiger partial charge on any atom is -0.300 e. The first-order valence-electron chi connectivity index (χ1n) is 4.66. The van der Waals surface area contributed by atoms with Gasteiger partial charge in [-0.15, -0.1) is 0 Å². The van der Waals surface area contributed by atoms with Crippen molar-refractivity contribution < 1.29 is 18.0 Å². The highest BCUT2D eigenvalue weighted by atomic mass is 35.5. The van der Waals surface area contributed by atoms with Crippen LogP contribution < -0.4 is 0 Å². The Hall–Kier alpha value is -1.03. The normalized spacial score (nSPS) is 11.6. The van der Waals surface area contributed by atoms with Crippen LogP contribution in [0.5, 0.6) is 0 Å². The molecule has 1 aromatic carbocycles. The van der Waals surface area contributed by atoms with Gasteiger partial charge in [-0.3, -0.25) is 0 Å². The first kappa shape index (κ1) is 13.0. The van der Waals surface area contributed by atoms with Crippen LogP contribution in [0.1, 0.15) is 24.5 Å². The first-order chi connectivity index (χ1) is 7.30. The van der Waals surface area contributed by atoms with Gasteiger partial charge in [-0.25, -0.2) is 0 Å². The second kappa shape index (κ2) is 4.87. The molecule has 0 saturated heterocycles. The van der Waals surface area contributed by atoms with Crippen LogP contribution in [0.3, 0.4) is 0 Å². The van der Waals surface area contributed by atoms with Gasteiger partial charge in [0.25, 0.3) is 0 Å². The number of carbonyl (C=O) groups is 1. The molecule has 0 amide bonds. The maximum Gasteiger partial charge on any atom is 0.417 e. The minimum absolute atomic E-state index is 0.0523. The number of aryl methyl sites for hydroxylation is 1. The lowest BCUT2D eigenvalue weighted by molar-refractivity contribution is -0.137. The van der Waals surface area contributed by atoms with E-state index in [0.717, 1.165) is 6.07 Å². The summed E-state index contributed by atoms with van der Waals surface area (Å²) >= 11 is 5.46. The molecule has 0 atom stereocenters. The molecule has 0 spiro atoms. The zero-order valence-electron chi connectivity index (χ0n) is 8.57. The van der Waals surface area contributed by atoms with Crippen molar-refractivity contribution in [3.8, 4) is 0 Å². The summed E-state index contributed by atoms with van der Waals surface area (Å²) in [6.45, 7) is 1.40. The smallest absolute Gasteiger partial charge is 0.300 e. The third kappa shape index (κ3) is 3.52. The van der Waals surface area contributed by atoms with E-state index in [2.05, 4.69) is 0 Å². The summed E-state index contributed by atoms with van der Waals surface area (Å²) in [5, 5.41) is -0.320. The van der Waals surface area contributed by atoms with E-state index in [9.17, 15) is 18.0 Å². The summed E-state index contributed by atoms with van der Waals surface area (Å²) in [6, 6.07) is 3.70. The van der Waals surface area contributed by atoms with Gasteiger partial charge in [-0.05, 0) is 31.0 Å². The van der Waals surface area contributed by atoms with Crippen LogP contribution in [0, 0.1) is 0 Å². The van der Waals surface area contributed by atoms with Crippen molar-refractivity contribution in [2.45, 2.75) is 25.9 Å². The quantitative estimate of drug-likeness (QED) is 0.796. The fourth-order valence-corrected chi connectivity index (χ4v) is 1.49. The predicted molar refractivity (Wildman–Crippen MR) is 55.5 cm³/mol. The highest BCUT2D eigenvalue weighted by Crippen LogP contribution is 2.35. The van der Waals surface area contributed by atoms with Crippen molar-refractivity contribution in [2.75, 3.05) is 0 Å². The molecular weight excluding hydrogens is 241 g/mol. The van der Waals surface area contributed by atoms with Gasteiger partial charge >= 0.3 is 6.18 Å². The van der Waals surface area contributed by atoms with Crippen LogP contribution in [0.4, 0.5) is 13.2 Å². The maximum atomic E-state index is 12.5. The monoisotopic (exact) mass is 250 g/mol. The molecule has 5 heteroatoms. The number of hydrogen-bond acceptors (Lipinski definition) is 1. The average molecular weight is 251 g/mol. The van der Waals surface area contributed by atoms with Crippen molar-refractivity contribution in [1.29, 1.82) is 0 Å². The lowest BCUT2D eigenvalue weighted by Gasteiger charge is -2.10. The molecule has 16 heavy (non-hydrogen) atoms. The molecule has 88 valence electrons. The SMILES string of the molecule is CC(=O)CCc1ccc(Cl)c(C(F)(F)F)c1. The predicted octanol–water partition coefficient (Wildman–Crippen LogP) is 3.88. The fourth-order valence-electron chi connectivity index (χ4n) is 1.27. The number of rotatable bonds is 3. The van der Waals surface area contributed by atoms with Gasteiger partial charge in [0.1, 0.15) is 5.78 Å². The Morgan fingerprint density at radius 2 is 2.00 bits per heavy atom. The second-order valence-corrected chi connectivity index (χ2v) is 3.92. The number of ketones is 1. The fraction of sp³-hybridized carbons (Fsp3) is 0.364. The van der Waals surface area contributed by atoms with Crippen LogP contribution in [0.25, 0.3) is 0 Å². The highest BCUT2D eigenvalue weighted by Gasteiger charge is 2.33. The third-order valence-corrected chi connectivity index (χ3v) is 2.43. The van der Waals surface area contributed by atoms with Gasteiger partial charge in [0.15, 0.2) is 0 Å². The summed E-state index contributed by atoms with van der Waals surface area (Å²) in [5.74, 6) is -0.0523. The molecule has 0 heterocycles. The molecule has 0 aliphatic heterocycles. The molecule has 1 rings (SSSR count). The van der Waals surface area contributed by atoms with Crippen molar-refractivity contribution >= 4 is 17.4 Å². The maximum absolute atomic E-state index is 12.5.